The summed E-state index contributed by atoms with van der Waals surface area (Å²) < 4.78 is 27.5. The van der Waals surface area contributed by atoms with E-state index < -0.39 is 10.0 Å². The van der Waals surface area contributed by atoms with Gasteiger partial charge in [-0.2, -0.15) is 0 Å². The van der Waals surface area contributed by atoms with Gasteiger partial charge in [-0.3, -0.25) is 4.72 Å². The first-order valence-corrected chi connectivity index (χ1v) is 7.77. The molecule has 0 saturated heterocycles. The minimum absolute atomic E-state index is 0.131. The summed E-state index contributed by atoms with van der Waals surface area (Å²) in [6.07, 6.45) is 0. The predicted octanol–water partition coefficient (Wildman–Crippen LogP) is 2.74. The Morgan fingerprint density at radius 1 is 1.11 bits per heavy atom. The van der Waals surface area contributed by atoms with Gasteiger partial charge in [-0.25, -0.2) is 8.42 Å². The predicted molar refractivity (Wildman–Crippen MR) is 77.3 cm³/mol. The molecule has 6 heteroatoms. The Kier molecular flexibility index (Phi) is 4.24. The first-order valence-electron chi connectivity index (χ1n) is 5.49. The van der Waals surface area contributed by atoms with Crippen LogP contribution in [0.1, 0.15) is 5.56 Å². The van der Waals surface area contributed by atoms with Crippen molar-refractivity contribution in [1.82, 2.24) is 0 Å². The summed E-state index contributed by atoms with van der Waals surface area (Å²) in [6, 6.07) is 13.0. The second-order valence-corrected chi connectivity index (χ2v) is 6.52. The van der Waals surface area contributed by atoms with Crippen LogP contribution < -0.4 is 4.72 Å². The molecule has 0 bridgehead atoms. The van der Waals surface area contributed by atoms with Crippen LogP contribution in [0.5, 0.6) is 0 Å². The van der Waals surface area contributed by atoms with Crippen molar-refractivity contribution in [3.8, 4) is 0 Å². The average Bonchev–Trinajstić information content (AvgIpc) is 2.39. The Morgan fingerprint density at radius 3 is 2.42 bits per heavy atom. The van der Waals surface area contributed by atoms with E-state index in [1.54, 1.807) is 36.4 Å². The monoisotopic (exact) mass is 341 g/mol. The number of aliphatic hydroxyl groups excluding tert-OH is 1. The molecule has 2 aromatic rings. The van der Waals surface area contributed by atoms with E-state index >= 15 is 0 Å². The number of sulfonamides is 1. The van der Waals surface area contributed by atoms with Gasteiger partial charge in [-0.05, 0) is 42.0 Å². The topological polar surface area (TPSA) is 66.4 Å². The van der Waals surface area contributed by atoms with Gasteiger partial charge in [-0.1, -0.05) is 28.1 Å². The van der Waals surface area contributed by atoms with Gasteiger partial charge in [-0.15, -0.1) is 0 Å². The van der Waals surface area contributed by atoms with Crippen molar-refractivity contribution >= 4 is 31.6 Å². The lowest BCUT2D eigenvalue weighted by atomic mass is 10.2. The number of nitrogens with one attached hydrogen (secondary N) is 1. The van der Waals surface area contributed by atoms with Gasteiger partial charge in [0.25, 0.3) is 10.0 Å². The van der Waals surface area contributed by atoms with Crippen molar-refractivity contribution in [1.29, 1.82) is 0 Å². The van der Waals surface area contributed by atoms with E-state index in [0.29, 0.717) is 11.3 Å². The summed E-state index contributed by atoms with van der Waals surface area (Å²) in [4.78, 5) is 0.185. The van der Waals surface area contributed by atoms with Crippen LogP contribution in [0.25, 0.3) is 0 Å². The van der Waals surface area contributed by atoms with Crippen LogP contribution in [0.15, 0.2) is 57.9 Å². The molecule has 0 aliphatic rings. The standard InChI is InChI=1S/C13H12BrNO3S/c14-11-4-6-13(7-5-11)19(17,18)15-12-3-1-2-10(8-12)9-16/h1-8,15-16H,9H2. The average molecular weight is 342 g/mol. The van der Waals surface area contributed by atoms with Crippen molar-refractivity contribution < 1.29 is 13.5 Å². The van der Waals surface area contributed by atoms with Crippen LogP contribution in [-0.2, 0) is 16.6 Å². The SMILES string of the molecule is O=S(=O)(Nc1cccc(CO)c1)c1ccc(Br)cc1. The minimum Gasteiger partial charge on any atom is -0.392 e. The van der Waals surface area contributed by atoms with E-state index in [2.05, 4.69) is 20.7 Å². The van der Waals surface area contributed by atoms with Gasteiger partial charge in [0, 0.05) is 10.2 Å². The van der Waals surface area contributed by atoms with Crippen molar-refractivity contribution in [3.63, 3.8) is 0 Å². The number of aliphatic hydroxyl groups is 1. The zero-order chi connectivity index (χ0) is 13.9. The molecule has 0 aromatic heterocycles. The largest absolute Gasteiger partial charge is 0.392 e. The van der Waals surface area contributed by atoms with Crippen LogP contribution in [0.2, 0.25) is 0 Å². The number of benzene rings is 2. The maximum atomic E-state index is 12.1. The molecular weight excluding hydrogens is 330 g/mol. The summed E-state index contributed by atoms with van der Waals surface area (Å²) in [7, 11) is -3.61. The van der Waals surface area contributed by atoms with E-state index in [1.807, 2.05) is 0 Å². The van der Waals surface area contributed by atoms with Crippen LogP contribution in [0.4, 0.5) is 5.69 Å². The smallest absolute Gasteiger partial charge is 0.261 e. The highest BCUT2D eigenvalue weighted by Gasteiger charge is 2.13. The minimum atomic E-state index is -3.61. The molecule has 2 rings (SSSR count). The Labute approximate surface area is 120 Å². The third-order valence-electron chi connectivity index (χ3n) is 2.49. The molecule has 0 atom stereocenters. The molecule has 100 valence electrons. The molecule has 0 amide bonds. The van der Waals surface area contributed by atoms with E-state index in [9.17, 15) is 8.42 Å². The lowest BCUT2D eigenvalue weighted by Gasteiger charge is -2.09. The maximum absolute atomic E-state index is 12.1. The molecule has 4 nitrogen and oxygen atoms in total. The van der Waals surface area contributed by atoms with Crippen molar-refractivity contribution in [2.24, 2.45) is 0 Å². The van der Waals surface area contributed by atoms with E-state index in [4.69, 9.17) is 5.11 Å². The molecule has 2 aromatic carbocycles. The number of rotatable bonds is 4. The number of hydrogen-bond acceptors (Lipinski definition) is 3. The van der Waals surface area contributed by atoms with Gasteiger partial charge in [0.15, 0.2) is 0 Å². The molecular formula is C13H12BrNO3S. The van der Waals surface area contributed by atoms with Gasteiger partial charge in [0.1, 0.15) is 0 Å². The molecule has 0 aliphatic heterocycles. The summed E-state index contributed by atoms with van der Waals surface area (Å²) in [5.41, 5.74) is 1.07. The molecule has 0 heterocycles. The zero-order valence-corrected chi connectivity index (χ0v) is 12.3. The van der Waals surface area contributed by atoms with E-state index in [1.165, 1.54) is 12.1 Å². The normalized spacial score (nSPS) is 11.3. The molecule has 0 saturated carbocycles. The second kappa shape index (κ2) is 5.73. The lowest BCUT2D eigenvalue weighted by Crippen LogP contribution is -2.12. The Balaban J connectivity index is 2.28. The van der Waals surface area contributed by atoms with Crippen molar-refractivity contribution in [2.45, 2.75) is 11.5 Å². The summed E-state index contributed by atoms with van der Waals surface area (Å²) >= 11 is 3.25. The first-order chi connectivity index (χ1) is 9.01. The van der Waals surface area contributed by atoms with Gasteiger partial charge in [0.2, 0.25) is 0 Å². The van der Waals surface area contributed by atoms with Crippen LogP contribution in [0, 0.1) is 0 Å². The van der Waals surface area contributed by atoms with Crippen molar-refractivity contribution in [2.75, 3.05) is 4.72 Å². The zero-order valence-electron chi connectivity index (χ0n) is 9.88. The first kappa shape index (κ1) is 14.0. The highest BCUT2D eigenvalue weighted by molar-refractivity contribution is 9.10. The lowest BCUT2D eigenvalue weighted by molar-refractivity contribution is 0.282. The van der Waals surface area contributed by atoms with Crippen molar-refractivity contribution in [3.05, 3.63) is 58.6 Å². The number of anilines is 1. The molecule has 0 spiro atoms. The molecule has 2 N–H and O–H groups in total. The van der Waals surface area contributed by atoms with E-state index in [-0.39, 0.29) is 11.5 Å². The summed E-state index contributed by atoms with van der Waals surface area (Å²) in [5, 5.41) is 9.03. The molecule has 0 aliphatic carbocycles. The summed E-state index contributed by atoms with van der Waals surface area (Å²) in [5.74, 6) is 0. The number of halogens is 1. The Bertz CT molecular complexity index is 669. The molecule has 0 radical (unpaired) electrons. The molecule has 0 fully saturated rings. The van der Waals surface area contributed by atoms with Crippen LogP contribution in [-0.4, -0.2) is 13.5 Å². The molecule has 0 unspecified atom stereocenters. The molecule has 19 heavy (non-hydrogen) atoms. The Morgan fingerprint density at radius 2 is 1.79 bits per heavy atom. The summed E-state index contributed by atoms with van der Waals surface area (Å²) in [6.45, 7) is -0.131. The van der Waals surface area contributed by atoms with E-state index in [0.717, 1.165) is 4.47 Å². The highest BCUT2D eigenvalue weighted by atomic mass is 79.9. The van der Waals surface area contributed by atoms with Gasteiger partial charge in [0.05, 0.1) is 11.5 Å². The number of hydrogen-bond donors (Lipinski definition) is 2. The third-order valence-corrected chi connectivity index (χ3v) is 4.41. The third kappa shape index (κ3) is 3.56. The quantitative estimate of drug-likeness (QED) is 0.898. The fraction of sp³-hybridized carbons (Fsp3) is 0.0769. The van der Waals surface area contributed by atoms with Crippen LogP contribution >= 0.6 is 15.9 Å². The fourth-order valence-corrected chi connectivity index (χ4v) is 2.87. The second-order valence-electron chi connectivity index (χ2n) is 3.92. The maximum Gasteiger partial charge on any atom is 0.261 e. The van der Waals surface area contributed by atoms with Gasteiger partial charge >= 0.3 is 0 Å². The van der Waals surface area contributed by atoms with Gasteiger partial charge < -0.3 is 5.11 Å². The van der Waals surface area contributed by atoms with Crippen LogP contribution in [0.3, 0.4) is 0 Å². The fourth-order valence-electron chi connectivity index (χ4n) is 1.56. The Hall–Kier alpha value is -1.37. The highest BCUT2D eigenvalue weighted by Crippen LogP contribution is 2.19.